The molecular formula is C22H28N4O3. The van der Waals surface area contributed by atoms with Crippen LogP contribution < -0.4 is 5.32 Å². The second kappa shape index (κ2) is 8.78. The van der Waals surface area contributed by atoms with Gasteiger partial charge in [0.05, 0.1) is 25.0 Å². The van der Waals surface area contributed by atoms with E-state index in [9.17, 15) is 9.59 Å². The van der Waals surface area contributed by atoms with Gasteiger partial charge in [0.2, 0.25) is 5.91 Å². The van der Waals surface area contributed by atoms with E-state index in [0.717, 1.165) is 43.6 Å². The summed E-state index contributed by atoms with van der Waals surface area (Å²) in [5.74, 6) is 0.721. The summed E-state index contributed by atoms with van der Waals surface area (Å²) in [6, 6.07) is 11.5. The highest BCUT2D eigenvalue weighted by Gasteiger charge is 2.33. The lowest BCUT2D eigenvalue weighted by Crippen LogP contribution is -2.41. The smallest absolute Gasteiger partial charge is 0.323 e. The maximum absolute atomic E-state index is 12.8. The molecule has 2 fully saturated rings. The van der Waals surface area contributed by atoms with Crippen LogP contribution in [0.2, 0.25) is 0 Å². The summed E-state index contributed by atoms with van der Waals surface area (Å²) in [7, 11) is 1.39. The fraction of sp³-hybridized carbons (Fsp3) is 0.500. The molecule has 0 spiro atoms. The molecule has 1 aliphatic carbocycles. The number of carbonyl (C=O) groups excluding carboxylic acids is 2. The molecule has 1 aromatic heterocycles. The fourth-order valence-corrected chi connectivity index (χ4v) is 4.46. The minimum atomic E-state index is -0.334. The lowest BCUT2D eigenvalue weighted by Gasteiger charge is -2.21. The summed E-state index contributed by atoms with van der Waals surface area (Å²) >= 11 is 0. The molecule has 1 saturated heterocycles. The van der Waals surface area contributed by atoms with Crippen molar-refractivity contribution in [2.75, 3.05) is 25.5 Å². The minimum absolute atomic E-state index is 0.143. The maximum Gasteiger partial charge on any atom is 0.323 e. The zero-order valence-corrected chi connectivity index (χ0v) is 16.8. The summed E-state index contributed by atoms with van der Waals surface area (Å²) in [4.78, 5) is 26.6. The quantitative estimate of drug-likeness (QED) is 0.760. The van der Waals surface area contributed by atoms with Crippen LogP contribution >= 0.6 is 0 Å². The Morgan fingerprint density at radius 3 is 2.62 bits per heavy atom. The van der Waals surface area contributed by atoms with Crippen LogP contribution in [0, 0.1) is 0 Å². The number of para-hydroxylation sites is 1. The van der Waals surface area contributed by atoms with Gasteiger partial charge >= 0.3 is 5.97 Å². The van der Waals surface area contributed by atoms with Gasteiger partial charge in [-0.25, -0.2) is 4.68 Å². The van der Waals surface area contributed by atoms with Crippen LogP contribution in [0.3, 0.4) is 0 Å². The number of ether oxygens (including phenoxy) is 1. The second-order valence-corrected chi connectivity index (χ2v) is 7.88. The number of anilines is 1. The van der Waals surface area contributed by atoms with Gasteiger partial charge in [0, 0.05) is 12.0 Å². The number of hydrogen-bond acceptors (Lipinski definition) is 5. The van der Waals surface area contributed by atoms with E-state index in [4.69, 9.17) is 9.84 Å². The molecule has 7 nitrogen and oxygen atoms in total. The van der Waals surface area contributed by atoms with Gasteiger partial charge in [-0.2, -0.15) is 5.10 Å². The van der Waals surface area contributed by atoms with Crippen molar-refractivity contribution in [3.05, 3.63) is 42.1 Å². The van der Waals surface area contributed by atoms with Crippen LogP contribution in [0.25, 0.3) is 5.69 Å². The number of hydrogen-bond donors (Lipinski definition) is 1. The lowest BCUT2D eigenvalue weighted by atomic mass is 10.0. The molecule has 1 saturated carbocycles. The van der Waals surface area contributed by atoms with Crippen molar-refractivity contribution in [3.8, 4) is 5.69 Å². The van der Waals surface area contributed by atoms with Crippen molar-refractivity contribution in [1.29, 1.82) is 0 Å². The summed E-state index contributed by atoms with van der Waals surface area (Å²) in [5, 5.41) is 7.84. The molecule has 154 valence electrons. The Labute approximate surface area is 171 Å². The van der Waals surface area contributed by atoms with E-state index in [1.807, 2.05) is 46.0 Å². The van der Waals surface area contributed by atoms with Gasteiger partial charge < -0.3 is 10.1 Å². The Morgan fingerprint density at radius 1 is 1.14 bits per heavy atom. The molecule has 2 aliphatic rings. The molecule has 1 atom stereocenters. The largest absolute Gasteiger partial charge is 0.468 e. The number of amides is 1. The first-order valence-electron chi connectivity index (χ1n) is 10.4. The molecule has 0 bridgehead atoms. The van der Waals surface area contributed by atoms with Crippen LogP contribution in [0.5, 0.6) is 0 Å². The van der Waals surface area contributed by atoms with Crippen LogP contribution in [0.4, 0.5) is 5.82 Å². The second-order valence-electron chi connectivity index (χ2n) is 7.88. The van der Waals surface area contributed by atoms with Crippen molar-refractivity contribution in [3.63, 3.8) is 0 Å². The van der Waals surface area contributed by atoms with Gasteiger partial charge in [0.15, 0.2) is 0 Å². The molecule has 1 unspecified atom stereocenters. The van der Waals surface area contributed by atoms with Crippen molar-refractivity contribution >= 4 is 17.7 Å². The summed E-state index contributed by atoms with van der Waals surface area (Å²) in [6.45, 7) is 0.886. The van der Waals surface area contributed by atoms with Gasteiger partial charge in [0.1, 0.15) is 11.9 Å². The standard InChI is InChI=1S/C22H28N4O3/c1-29-22(28)19-12-7-13-25(19)15-21(27)23-20-14-18(16-8-5-6-9-16)24-26(20)17-10-3-2-4-11-17/h2-4,10-11,14,16,19H,5-9,12-13,15H2,1H3,(H,23,27). The Bertz CT molecular complexity index is 858. The van der Waals surface area contributed by atoms with E-state index in [0.29, 0.717) is 11.7 Å². The topological polar surface area (TPSA) is 76.5 Å². The highest BCUT2D eigenvalue weighted by atomic mass is 16.5. The number of benzene rings is 1. The molecular weight excluding hydrogens is 368 g/mol. The number of esters is 1. The van der Waals surface area contributed by atoms with Gasteiger partial charge in [-0.3, -0.25) is 14.5 Å². The van der Waals surface area contributed by atoms with Crippen molar-refractivity contribution in [2.24, 2.45) is 0 Å². The highest BCUT2D eigenvalue weighted by Crippen LogP contribution is 2.35. The predicted molar refractivity (Wildman–Crippen MR) is 110 cm³/mol. The number of aromatic nitrogens is 2. The van der Waals surface area contributed by atoms with Gasteiger partial charge in [-0.05, 0) is 44.4 Å². The third kappa shape index (κ3) is 4.34. The van der Waals surface area contributed by atoms with Crippen LogP contribution in [-0.2, 0) is 14.3 Å². The Balaban J connectivity index is 1.52. The third-order valence-corrected chi connectivity index (χ3v) is 5.95. The maximum atomic E-state index is 12.8. The average Bonchev–Trinajstić information content (AvgIpc) is 3.49. The van der Waals surface area contributed by atoms with Crippen molar-refractivity contribution in [2.45, 2.75) is 50.5 Å². The number of nitrogens with one attached hydrogen (secondary N) is 1. The first kappa shape index (κ1) is 19.6. The number of rotatable bonds is 6. The Morgan fingerprint density at radius 2 is 1.90 bits per heavy atom. The highest BCUT2D eigenvalue weighted by molar-refractivity contribution is 5.92. The lowest BCUT2D eigenvalue weighted by molar-refractivity contribution is -0.146. The number of likely N-dealkylation sites (tertiary alicyclic amines) is 1. The summed E-state index contributed by atoms with van der Waals surface area (Å²) in [5.41, 5.74) is 1.95. The normalized spacial score (nSPS) is 20.1. The number of methoxy groups -OCH3 is 1. The van der Waals surface area contributed by atoms with Crippen LogP contribution in [0.15, 0.2) is 36.4 Å². The van der Waals surface area contributed by atoms with Crippen LogP contribution in [0.1, 0.15) is 50.1 Å². The molecule has 1 N–H and O–H groups in total. The molecule has 0 radical (unpaired) electrons. The molecule has 2 aromatic rings. The first-order valence-corrected chi connectivity index (χ1v) is 10.4. The van der Waals surface area contributed by atoms with E-state index in [1.165, 1.54) is 20.0 Å². The Hall–Kier alpha value is -2.67. The van der Waals surface area contributed by atoms with Gasteiger partial charge in [-0.15, -0.1) is 0 Å². The minimum Gasteiger partial charge on any atom is -0.468 e. The SMILES string of the molecule is COC(=O)C1CCCN1CC(=O)Nc1cc(C2CCCC2)nn1-c1ccccc1. The van der Waals surface area contributed by atoms with Crippen molar-refractivity contribution < 1.29 is 14.3 Å². The molecule has 2 heterocycles. The molecule has 4 rings (SSSR count). The van der Waals surface area contributed by atoms with Gasteiger partial charge in [-0.1, -0.05) is 31.0 Å². The molecule has 7 heteroatoms. The van der Waals surface area contributed by atoms with E-state index in [1.54, 1.807) is 0 Å². The number of carbonyl (C=O) groups is 2. The molecule has 1 aromatic carbocycles. The van der Waals surface area contributed by atoms with E-state index in [-0.39, 0.29) is 24.5 Å². The van der Waals surface area contributed by atoms with E-state index >= 15 is 0 Å². The predicted octanol–water partition coefficient (Wildman–Crippen LogP) is 3.11. The molecule has 1 aliphatic heterocycles. The van der Waals surface area contributed by atoms with Gasteiger partial charge in [0.25, 0.3) is 0 Å². The average molecular weight is 396 g/mol. The van der Waals surface area contributed by atoms with E-state index in [2.05, 4.69) is 5.32 Å². The molecule has 1 amide bonds. The Kier molecular flexibility index (Phi) is 5.94. The third-order valence-electron chi connectivity index (χ3n) is 5.95. The van der Waals surface area contributed by atoms with Crippen molar-refractivity contribution in [1.82, 2.24) is 14.7 Å². The zero-order valence-electron chi connectivity index (χ0n) is 16.8. The van der Waals surface area contributed by atoms with Crippen LogP contribution in [-0.4, -0.2) is 52.8 Å². The zero-order chi connectivity index (χ0) is 20.2. The first-order chi connectivity index (χ1) is 14.2. The summed E-state index contributed by atoms with van der Waals surface area (Å²) < 4.78 is 6.69. The number of nitrogens with zero attached hydrogens (tertiary/aromatic N) is 3. The molecule has 29 heavy (non-hydrogen) atoms. The monoisotopic (exact) mass is 396 g/mol. The van der Waals surface area contributed by atoms with E-state index < -0.39 is 0 Å². The fourth-order valence-electron chi connectivity index (χ4n) is 4.46. The summed E-state index contributed by atoms with van der Waals surface area (Å²) in [6.07, 6.45) is 6.37.